The molecule has 3 rings (SSSR count). The first-order valence-corrected chi connectivity index (χ1v) is 11.9. The van der Waals surface area contributed by atoms with E-state index < -0.39 is 26.6 Å². The van der Waals surface area contributed by atoms with Crippen molar-refractivity contribution in [3.8, 4) is 17.2 Å². The fraction of sp³-hybridized carbons (Fsp3) is 0.300. The molecule has 1 heterocycles. The Morgan fingerprint density at radius 2 is 1.88 bits per heavy atom. The zero-order valence-electron chi connectivity index (χ0n) is 17.4. The number of sulfone groups is 1. The molecule has 33 heavy (non-hydrogen) atoms. The Morgan fingerprint density at radius 3 is 2.52 bits per heavy atom. The van der Waals surface area contributed by atoms with Crippen LogP contribution in [0.15, 0.2) is 36.4 Å². The van der Waals surface area contributed by atoms with Gasteiger partial charge < -0.3 is 9.47 Å². The van der Waals surface area contributed by atoms with E-state index >= 15 is 0 Å². The number of nitro benzene ring substituents is 1. The highest BCUT2D eigenvalue weighted by Gasteiger charge is 2.29. The van der Waals surface area contributed by atoms with Gasteiger partial charge in [0.15, 0.2) is 21.3 Å². The zero-order valence-corrected chi connectivity index (χ0v) is 18.9. The topological polar surface area (TPSA) is 154 Å². The third-order valence-corrected chi connectivity index (χ3v) is 6.95. The number of halogens is 1. The average molecular weight is 498 g/mol. The van der Waals surface area contributed by atoms with E-state index in [9.17, 15) is 28.1 Å². The van der Waals surface area contributed by atoms with Crippen molar-refractivity contribution in [3.63, 3.8) is 0 Å². The molecule has 2 aromatic rings. The molecule has 1 atom stereocenters. The standard InChI is InChI=1S/C20H20ClN3O8S/c1-31-18-9-13(20(26)23-22-19(25)8-12-6-7-33(29,30)11-12)2-4-17(18)32-16-5-3-14(21)10-15(16)24(27)28/h2-5,9-10,12H,6-8,11H2,1H3,(H,22,25)(H,23,26). The van der Waals surface area contributed by atoms with Gasteiger partial charge in [-0.15, -0.1) is 0 Å². The average Bonchev–Trinajstić information content (AvgIpc) is 3.11. The second-order valence-corrected chi connectivity index (χ2v) is 9.98. The van der Waals surface area contributed by atoms with Crippen LogP contribution in [0.1, 0.15) is 23.2 Å². The van der Waals surface area contributed by atoms with Gasteiger partial charge in [0.25, 0.3) is 5.91 Å². The number of ether oxygens (including phenoxy) is 2. The molecule has 0 saturated carbocycles. The lowest BCUT2D eigenvalue weighted by molar-refractivity contribution is -0.385. The van der Waals surface area contributed by atoms with E-state index in [-0.39, 0.29) is 57.4 Å². The van der Waals surface area contributed by atoms with Crippen LogP contribution in [0.3, 0.4) is 0 Å². The smallest absolute Gasteiger partial charge is 0.313 e. The van der Waals surface area contributed by atoms with Crippen molar-refractivity contribution in [3.05, 3.63) is 57.1 Å². The summed E-state index contributed by atoms with van der Waals surface area (Å²) in [5.41, 5.74) is 4.29. The van der Waals surface area contributed by atoms with Gasteiger partial charge in [-0.05, 0) is 42.7 Å². The Kier molecular flexibility index (Phi) is 7.39. The van der Waals surface area contributed by atoms with Crippen LogP contribution in [-0.2, 0) is 14.6 Å². The first-order valence-electron chi connectivity index (χ1n) is 9.67. The summed E-state index contributed by atoms with van der Waals surface area (Å²) in [7, 11) is -1.77. The number of rotatable bonds is 7. The Labute approximate surface area is 194 Å². The lowest BCUT2D eigenvalue weighted by Gasteiger charge is -2.13. The van der Waals surface area contributed by atoms with E-state index in [0.717, 1.165) is 6.07 Å². The molecule has 176 valence electrons. The molecule has 0 spiro atoms. The molecule has 1 fully saturated rings. The molecular formula is C20H20ClN3O8S. The fourth-order valence-corrected chi connectivity index (χ4v) is 5.30. The largest absolute Gasteiger partial charge is 0.493 e. The molecule has 2 N–H and O–H groups in total. The number of hydrogen-bond acceptors (Lipinski definition) is 8. The highest BCUT2D eigenvalue weighted by atomic mass is 35.5. The highest BCUT2D eigenvalue weighted by Crippen LogP contribution is 2.37. The number of nitro groups is 1. The normalized spacial score (nSPS) is 16.6. The number of nitrogens with zero attached hydrogens (tertiary/aromatic N) is 1. The van der Waals surface area contributed by atoms with E-state index in [0.29, 0.717) is 6.42 Å². The van der Waals surface area contributed by atoms with Crippen LogP contribution in [0.5, 0.6) is 17.2 Å². The molecule has 2 amide bonds. The van der Waals surface area contributed by atoms with Gasteiger partial charge in [-0.1, -0.05) is 11.6 Å². The number of carbonyl (C=O) groups is 2. The number of hydrazine groups is 1. The predicted octanol–water partition coefficient (Wildman–Crippen LogP) is 2.63. The van der Waals surface area contributed by atoms with Gasteiger partial charge >= 0.3 is 5.69 Å². The predicted molar refractivity (Wildman–Crippen MR) is 118 cm³/mol. The number of carbonyl (C=O) groups excluding carboxylic acids is 2. The van der Waals surface area contributed by atoms with Crippen molar-refractivity contribution in [1.82, 2.24) is 10.9 Å². The highest BCUT2D eigenvalue weighted by molar-refractivity contribution is 7.91. The maximum atomic E-state index is 12.4. The number of amides is 2. The summed E-state index contributed by atoms with van der Waals surface area (Å²) in [6.45, 7) is 0. The molecule has 1 unspecified atom stereocenters. The van der Waals surface area contributed by atoms with Crippen LogP contribution in [0.2, 0.25) is 5.02 Å². The molecule has 13 heteroatoms. The molecule has 0 aliphatic carbocycles. The molecular weight excluding hydrogens is 478 g/mol. The number of methoxy groups -OCH3 is 1. The summed E-state index contributed by atoms with van der Waals surface area (Å²) < 4.78 is 33.8. The van der Waals surface area contributed by atoms with E-state index in [1.807, 2.05) is 0 Å². The molecule has 0 aromatic heterocycles. The van der Waals surface area contributed by atoms with Gasteiger partial charge in [0.05, 0.1) is 23.5 Å². The number of nitrogens with one attached hydrogen (secondary N) is 2. The van der Waals surface area contributed by atoms with Crippen LogP contribution in [0, 0.1) is 16.0 Å². The molecule has 11 nitrogen and oxygen atoms in total. The Balaban J connectivity index is 1.65. The van der Waals surface area contributed by atoms with E-state index in [1.165, 1.54) is 37.4 Å². The van der Waals surface area contributed by atoms with Crippen LogP contribution in [-0.4, -0.2) is 43.8 Å². The summed E-state index contributed by atoms with van der Waals surface area (Å²) in [5, 5.41) is 11.4. The van der Waals surface area contributed by atoms with Crippen molar-refractivity contribution >= 4 is 38.9 Å². The van der Waals surface area contributed by atoms with Gasteiger partial charge in [-0.25, -0.2) is 8.42 Å². The first kappa shape index (κ1) is 24.3. The second-order valence-electron chi connectivity index (χ2n) is 7.31. The lowest BCUT2D eigenvalue weighted by Crippen LogP contribution is -2.42. The quantitative estimate of drug-likeness (QED) is 0.437. The molecule has 1 aliphatic heterocycles. The Bertz CT molecular complexity index is 1200. The van der Waals surface area contributed by atoms with Crippen LogP contribution in [0.25, 0.3) is 0 Å². The van der Waals surface area contributed by atoms with E-state index in [4.69, 9.17) is 21.1 Å². The molecule has 1 saturated heterocycles. The van der Waals surface area contributed by atoms with Crippen molar-refractivity contribution in [2.75, 3.05) is 18.6 Å². The number of hydrogen-bond donors (Lipinski definition) is 2. The molecule has 1 aliphatic rings. The maximum Gasteiger partial charge on any atom is 0.313 e. The van der Waals surface area contributed by atoms with Gasteiger partial charge in [0, 0.05) is 23.1 Å². The summed E-state index contributed by atoms with van der Waals surface area (Å²) in [6, 6.07) is 8.02. The van der Waals surface area contributed by atoms with Gasteiger partial charge in [0.1, 0.15) is 0 Å². The van der Waals surface area contributed by atoms with Gasteiger partial charge in [-0.2, -0.15) is 0 Å². The Morgan fingerprint density at radius 1 is 1.15 bits per heavy atom. The minimum atomic E-state index is -3.10. The summed E-state index contributed by atoms with van der Waals surface area (Å²) >= 11 is 5.80. The maximum absolute atomic E-state index is 12.4. The minimum Gasteiger partial charge on any atom is -0.493 e. The van der Waals surface area contributed by atoms with E-state index in [2.05, 4.69) is 10.9 Å². The lowest BCUT2D eigenvalue weighted by atomic mass is 10.1. The monoisotopic (exact) mass is 497 g/mol. The first-order chi connectivity index (χ1) is 15.6. The van der Waals surface area contributed by atoms with Crippen LogP contribution < -0.4 is 20.3 Å². The van der Waals surface area contributed by atoms with Crippen molar-refractivity contribution in [2.24, 2.45) is 5.92 Å². The summed E-state index contributed by atoms with van der Waals surface area (Å²) in [6.07, 6.45) is 0.392. The Hall–Kier alpha value is -3.38. The summed E-state index contributed by atoms with van der Waals surface area (Å²) in [4.78, 5) is 35.0. The van der Waals surface area contributed by atoms with Gasteiger partial charge in [-0.3, -0.25) is 30.6 Å². The van der Waals surface area contributed by atoms with E-state index in [1.54, 1.807) is 0 Å². The second kappa shape index (κ2) is 10.0. The minimum absolute atomic E-state index is 0.0184. The van der Waals surface area contributed by atoms with Crippen molar-refractivity contribution in [1.29, 1.82) is 0 Å². The molecule has 2 aromatic carbocycles. The van der Waals surface area contributed by atoms with Crippen LogP contribution in [0.4, 0.5) is 5.69 Å². The SMILES string of the molecule is COc1cc(C(=O)NNC(=O)CC2CCS(=O)(=O)C2)ccc1Oc1ccc(Cl)cc1[N+](=O)[O-]. The third-order valence-electron chi connectivity index (χ3n) is 4.88. The van der Waals surface area contributed by atoms with Gasteiger partial charge in [0.2, 0.25) is 11.7 Å². The summed E-state index contributed by atoms with van der Waals surface area (Å²) in [5.74, 6) is -1.25. The zero-order chi connectivity index (χ0) is 24.2. The van der Waals surface area contributed by atoms with Crippen LogP contribution >= 0.6 is 11.6 Å². The molecule has 0 bridgehead atoms. The van der Waals surface area contributed by atoms with Crippen molar-refractivity contribution < 1.29 is 32.4 Å². The number of benzene rings is 2. The van der Waals surface area contributed by atoms with Crippen molar-refractivity contribution in [2.45, 2.75) is 12.8 Å². The fourth-order valence-electron chi connectivity index (χ4n) is 3.28. The third kappa shape index (κ3) is 6.33. The molecule has 0 radical (unpaired) electrons.